The second-order valence-electron chi connectivity index (χ2n) is 5.57. The van der Waals surface area contributed by atoms with Crippen LogP contribution in [0.4, 0.5) is 0 Å². The number of hydrogen-bond donors (Lipinski definition) is 2. The molecule has 1 rings (SSSR count). The second-order valence-corrected chi connectivity index (χ2v) is 5.57. The van der Waals surface area contributed by atoms with E-state index < -0.39 is 0 Å². The molecule has 1 aliphatic heterocycles. The number of guanidine groups is 1. The van der Waals surface area contributed by atoms with Crippen LogP contribution in [0.1, 0.15) is 19.8 Å². The monoisotopic (exact) mass is 314 g/mol. The van der Waals surface area contributed by atoms with Crippen molar-refractivity contribution in [3.05, 3.63) is 0 Å². The van der Waals surface area contributed by atoms with E-state index in [-0.39, 0.29) is 12.5 Å². The van der Waals surface area contributed by atoms with Crippen molar-refractivity contribution < 1.29 is 14.3 Å². The fourth-order valence-corrected chi connectivity index (χ4v) is 1.98. The predicted octanol–water partition coefficient (Wildman–Crippen LogP) is 0.0729. The third-order valence-corrected chi connectivity index (χ3v) is 3.35. The fourth-order valence-electron chi connectivity index (χ4n) is 1.98. The third kappa shape index (κ3) is 8.19. The Morgan fingerprint density at radius 2 is 2.23 bits per heavy atom. The van der Waals surface area contributed by atoms with Gasteiger partial charge in [-0.3, -0.25) is 4.79 Å². The summed E-state index contributed by atoms with van der Waals surface area (Å²) in [4.78, 5) is 17.3. The maximum absolute atomic E-state index is 11.5. The average Bonchev–Trinajstić information content (AvgIpc) is 3.00. The SMILES string of the molecule is CCNC(=NCC(=O)N(C)C)NCCCOCC1CCOC1. The summed E-state index contributed by atoms with van der Waals surface area (Å²) in [5.41, 5.74) is 0. The Balaban J connectivity index is 2.12. The lowest BCUT2D eigenvalue weighted by molar-refractivity contribution is -0.127. The molecule has 128 valence electrons. The molecule has 22 heavy (non-hydrogen) atoms. The van der Waals surface area contributed by atoms with Gasteiger partial charge >= 0.3 is 0 Å². The van der Waals surface area contributed by atoms with Crippen molar-refractivity contribution in [3.63, 3.8) is 0 Å². The van der Waals surface area contributed by atoms with Gasteiger partial charge in [-0.15, -0.1) is 0 Å². The quantitative estimate of drug-likeness (QED) is 0.358. The molecule has 7 heteroatoms. The Hall–Kier alpha value is -1.34. The second kappa shape index (κ2) is 11.3. The van der Waals surface area contributed by atoms with Gasteiger partial charge in [-0.1, -0.05) is 0 Å². The van der Waals surface area contributed by atoms with Crippen molar-refractivity contribution in [2.24, 2.45) is 10.9 Å². The Labute approximate surface area is 133 Å². The number of carbonyl (C=O) groups is 1. The van der Waals surface area contributed by atoms with E-state index in [2.05, 4.69) is 15.6 Å². The van der Waals surface area contributed by atoms with Gasteiger partial charge in [0.15, 0.2) is 5.96 Å². The molecule has 1 atom stereocenters. The van der Waals surface area contributed by atoms with Gasteiger partial charge in [0.1, 0.15) is 6.54 Å². The highest BCUT2D eigenvalue weighted by molar-refractivity contribution is 5.84. The molecule has 0 aromatic carbocycles. The lowest BCUT2D eigenvalue weighted by atomic mass is 10.1. The third-order valence-electron chi connectivity index (χ3n) is 3.35. The van der Waals surface area contributed by atoms with Crippen molar-refractivity contribution in [2.75, 3.05) is 60.2 Å². The van der Waals surface area contributed by atoms with Crippen molar-refractivity contribution in [1.82, 2.24) is 15.5 Å². The topological polar surface area (TPSA) is 75.2 Å². The molecule has 1 unspecified atom stereocenters. The summed E-state index contributed by atoms with van der Waals surface area (Å²) in [5, 5.41) is 6.33. The standard InChI is InChI=1S/C15H30N4O3/c1-4-16-15(18-10-14(20)19(2)3)17-7-5-8-21-11-13-6-9-22-12-13/h13H,4-12H2,1-3H3,(H2,16,17,18). The van der Waals surface area contributed by atoms with Gasteiger partial charge in [-0.05, 0) is 19.8 Å². The number of nitrogens with zero attached hydrogens (tertiary/aromatic N) is 2. The van der Waals surface area contributed by atoms with Gasteiger partial charge in [0.05, 0.1) is 13.2 Å². The summed E-state index contributed by atoms with van der Waals surface area (Å²) in [5.74, 6) is 1.21. The summed E-state index contributed by atoms with van der Waals surface area (Å²) in [7, 11) is 3.45. The van der Waals surface area contributed by atoms with E-state index in [1.54, 1.807) is 14.1 Å². The number of hydrogen-bond acceptors (Lipinski definition) is 4. The molecule has 1 amide bonds. The smallest absolute Gasteiger partial charge is 0.243 e. The minimum Gasteiger partial charge on any atom is -0.381 e. The minimum atomic E-state index is -0.0145. The molecule has 0 aliphatic carbocycles. The molecule has 2 N–H and O–H groups in total. The number of nitrogens with one attached hydrogen (secondary N) is 2. The predicted molar refractivity (Wildman–Crippen MR) is 87.0 cm³/mol. The first kappa shape index (κ1) is 18.7. The number of likely N-dealkylation sites (N-methyl/N-ethyl adjacent to an activating group) is 1. The van der Waals surface area contributed by atoms with Crippen LogP contribution >= 0.6 is 0 Å². The molecule has 0 aromatic heterocycles. The van der Waals surface area contributed by atoms with Crippen LogP contribution in [0.25, 0.3) is 0 Å². The fraction of sp³-hybridized carbons (Fsp3) is 0.867. The molecule has 0 bridgehead atoms. The molecule has 1 fully saturated rings. The van der Waals surface area contributed by atoms with Crippen LogP contribution in [-0.4, -0.2) is 76.9 Å². The number of amides is 1. The molecule has 0 spiro atoms. The zero-order chi connectivity index (χ0) is 16.2. The Bertz CT molecular complexity index is 342. The van der Waals surface area contributed by atoms with Gasteiger partial charge in [-0.25, -0.2) is 4.99 Å². The number of aliphatic imine (C=N–C) groups is 1. The van der Waals surface area contributed by atoms with Crippen LogP contribution in [0.5, 0.6) is 0 Å². The van der Waals surface area contributed by atoms with E-state index in [1.165, 1.54) is 4.90 Å². The van der Waals surface area contributed by atoms with E-state index in [9.17, 15) is 4.79 Å². The lowest BCUT2D eigenvalue weighted by Gasteiger charge is -2.13. The van der Waals surface area contributed by atoms with E-state index in [1.807, 2.05) is 6.92 Å². The van der Waals surface area contributed by atoms with E-state index in [0.717, 1.165) is 52.4 Å². The van der Waals surface area contributed by atoms with Crippen molar-refractivity contribution >= 4 is 11.9 Å². The molecule has 1 heterocycles. The maximum Gasteiger partial charge on any atom is 0.243 e. The molecule has 0 radical (unpaired) electrons. The summed E-state index contributed by atoms with van der Waals surface area (Å²) in [6.07, 6.45) is 2.01. The normalized spacial score (nSPS) is 18.3. The molecule has 7 nitrogen and oxygen atoms in total. The molecule has 0 saturated carbocycles. The average molecular weight is 314 g/mol. The molecule has 1 aliphatic rings. The lowest BCUT2D eigenvalue weighted by Crippen LogP contribution is -2.39. The summed E-state index contributed by atoms with van der Waals surface area (Å²) in [6.45, 7) is 6.88. The van der Waals surface area contributed by atoms with Gasteiger partial charge < -0.3 is 25.0 Å². The summed E-state index contributed by atoms with van der Waals surface area (Å²) < 4.78 is 11.0. The summed E-state index contributed by atoms with van der Waals surface area (Å²) in [6, 6.07) is 0. The molecule has 1 saturated heterocycles. The van der Waals surface area contributed by atoms with Crippen LogP contribution in [0, 0.1) is 5.92 Å². The summed E-state index contributed by atoms with van der Waals surface area (Å²) >= 11 is 0. The van der Waals surface area contributed by atoms with Crippen LogP contribution < -0.4 is 10.6 Å². The Morgan fingerprint density at radius 3 is 2.86 bits per heavy atom. The van der Waals surface area contributed by atoms with Crippen LogP contribution in [0.15, 0.2) is 4.99 Å². The Kier molecular flexibility index (Phi) is 9.57. The zero-order valence-corrected chi connectivity index (χ0v) is 14.1. The highest BCUT2D eigenvalue weighted by Crippen LogP contribution is 2.12. The van der Waals surface area contributed by atoms with Gasteiger partial charge in [0.25, 0.3) is 0 Å². The van der Waals surface area contributed by atoms with Crippen molar-refractivity contribution in [1.29, 1.82) is 0 Å². The number of rotatable bonds is 9. The van der Waals surface area contributed by atoms with Crippen LogP contribution in [0.3, 0.4) is 0 Å². The van der Waals surface area contributed by atoms with Crippen LogP contribution in [0.2, 0.25) is 0 Å². The van der Waals surface area contributed by atoms with Crippen molar-refractivity contribution in [3.8, 4) is 0 Å². The van der Waals surface area contributed by atoms with Crippen molar-refractivity contribution in [2.45, 2.75) is 19.8 Å². The molecule has 0 aromatic rings. The molecular weight excluding hydrogens is 284 g/mol. The zero-order valence-electron chi connectivity index (χ0n) is 14.1. The maximum atomic E-state index is 11.5. The molecular formula is C15H30N4O3. The highest BCUT2D eigenvalue weighted by Gasteiger charge is 2.15. The van der Waals surface area contributed by atoms with Gasteiger partial charge in [0.2, 0.25) is 5.91 Å². The first-order valence-corrected chi connectivity index (χ1v) is 8.01. The minimum absolute atomic E-state index is 0.0145. The van der Waals surface area contributed by atoms with Crippen LogP contribution in [-0.2, 0) is 14.3 Å². The van der Waals surface area contributed by atoms with E-state index in [0.29, 0.717) is 11.9 Å². The highest BCUT2D eigenvalue weighted by atomic mass is 16.5. The number of ether oxygens (including phenoxy) is 2. The Morgan fingerprint density at radius 1 is 1.41 bits per heavy atom. The number of carbonyl (C=O) groups excluding carboxylic acids is 1. The van der Waals surface area contributed by atoms with Gasteiger partial charge in [-0.2, -0.15) is 0 Å². The van der Waals surface area contributed by atoms with E-state index in [4.69, 9.17) is 9.47 Å². The van der Waals surface area contributed by atoms with E-state index >= 15 is 0 Å². The largest absolute Gasteiger partial charge is 0.381 e. The first-order valence-electron chi connectivity index (χ1n) is 8.01. The van der Waals surface area contributed by atoms with Gasteiger partial charge in [0, 0.05) is 46.3 Å². The first-order chi connectivity index (χ1) is 10.6.